The van der Waals surface area contributed by atoms with Gasteiger partial charge in [-0.1, -0.05) is 51.1 Å². The van der Waals surface area contributed by atoms with E-state index in [9.17, 15) is 4.79 Å². The van der Waals surface area contributed by atoms with E-state index in [1.165, 1.54) is 5.56 Å². The summed E-state index contributed by atoms with van der Waals surface area (Å²) < 4.78 is 2.28. The molecule has 0 aliphatic carbocycles. The van der Waals surface area contributed by atoms with Gasteiger partial charge in [-0.2, -0.15) is 5.10 Å². The second-order valence-electron chi connectivity index (χ2n) is 6.35. The summed E-state index contributed by atoms with van der Waals surface area (Å²) in [5, 5.41) is 10.0. The zero-order valence-corrected chi connectivity index (χ0v) is 15.4. The fourth-order valence-electron chi connectivity index (χ4n) is 2.79. The number of aromatic amines is 1. The quantitative estimate of drug-likeness (QED) is 0.720. The molecule has 0 unspecified atom stereocenters. The number of rotatable bonds is 8. The number of carbonyl (C=O) groups excluding carboxylic acids is 1. The van der Waals surface area contributed by atoms with Crippen molar-refractivity contribution in [3.05, 3.63) is 46.5 Å². The maximum Gasteiger partial charge on any atom is 0.240 e. The van der Waals surface area contributed by atoms with Crippen LogP contribution in [0.1, 0.15) is 44.5 Å². The molecule has 0 aliphatic heterocycles. The lowest BCUT2D eigenvalue weighted by atomic mass is 9.88. The zero-order valence-electron chi connectivity index (χ0n) is 14.6. The van der Waals surface area contributed by atoms with Gasteiger partial charge in [-0.15, -0.1) is 0 Å². The van der Waals surface area contributed by atoms with E-state index in [-0.39, 0.29) is 12.5 Å². The SMILES string of the molecule is CCCc1n[nH]c(=S)n1CC(=O)NC[C@@H](c1ccccc1)C(C)C. The molecule has 1 aromatic carbocycles. The summed E-state index contributed by atoms with van der Waals surface area (Å²) in [6, 6.07) is 10.3. The Hall–Kier alpha value is -1.95. The van der Waals surface area contributed by atoms with Crippen LogP contribution in [0.3, 0.4) is 0 Å². The third-order valence-corrected chi connectivity index (χ3v) is 4.48. The molecular weight excluding hydrogens is 320 g/mol. The second-order valence-corrected chi connectivity index (χ2v) is 6.73. The molecule has 2 N–H and O–H groups in total. The summed E-state index contributed by atoms with van der Waals surface area (Å²) in [6.07, 6.45) is 1.77. The van der Waals surface area contributed by atoms with Gasteiger partial charge in [-0.05, 0) is 30.1 Å². The van der Waals surface area contributed by atoms with Gasteiger partial charge in [0, 0.05) is 18.9 Å². The lowest BCUT2D eigenvalue weighted by molar-refractivity contribution is -0.121. The van der Waals surface area contributed by atoms with Gasteiger partial charge >= 0.3 is 0 Å². The molecule has 24 heavy (non-hydrogen) atoms. The van der Waals surface area contributed by atoms with E-state index in [1.54, 1.807) is 4.57 Å². The first-order chi connectivity index (χ1) is 11.5. The van der Waals surface area contributed by atoms with Crippen LogP contribution in [0.2, 0.25) is 0 Å². The molecule has 0 spiro atoms. The number of amides is 1. The molecule has 0 aliphatic rings. The molecule has 1 amide bonds. The van der Waals surface area contributed by atoms with E-state index >= 15 is 0 Å². The number of H-pyrrole nitrogens is 1. The lowest BCUT2D eigenvalue weighted by Crippen LogP contribution is -2.33. The highest BCUT2D eigenvalue weighted by Gasteiger charge is 2.17. The van der Waals surface area contributed by atoms with Gasteiger partial charge in [0.25, 0.3) is 0 Å². The predicted molar refractivity (Wildman–Crippen MR) is 98.4 cm³/mol. The van der Waals surface area contributed by atoms with Gasteiger partial charge in [-0.3, -0.25) is 14.5 Å². The first-order valence-electron chi connectivity index (χ1n) is 8.48. The number of hydrogen-bond donors (Lipinski definition) is 2. The normalized spacial score (nSPS) is 12.3. The molecule has 1 heterocycles. The fourth-order valence-corrected chi connectivity index (χ4v) is 3.01. The number of carbonyl (C=O) groups is 1. The fraction of sp³-hybridized carbons (Fsp3) is 0.500. The molecule has 1 atom stereocenters. The van der Waals surface area contributed by atoms with Crippen LogP contribution in [0.25, 0.3) is 0 Å². The van der Waals surface area contributed by atoms with Crippen molar-refractivity contribution in [3.8, 4) is 0 Å². The Kier molecular flexibility index (Phi) is 6.73. The van der Waals surface area contributed by atoms with Crippen molar-refractivity contribution in [2.24, 2.45) is 5.92 Å². The van der Waals surface area contributed by atoms with Crippen LogP contribution in [0.4, 0.5) is 0 Å². The van der Waals surface area contributed by atoms with Crippen molar-refractivity contribution in [2.75, 3.05) is 6.54 Å². The monoisotopic (exact) mass is 346 g/mol. The Morgan fingerprint density at radius 1 is 1.33 bits per heavy atom. The molecular formula is C18H26N4OS. The maximum atomic E-state index is 12.4. The van der Waals surface area contributed by atoms with Crippen molar-refractivity contribution < 1.29 is 4.79 Å². The summed E-state index contributed by atoms with van der Waals surface area (Å²) >= 11 is 5.22. The number of aromatic nitrogens is 3. The van der Waals surface area contributed by atoms with Gasteiger partial charge in [0.2, 0.25) is 5.91 Å². The Morgan fingerprint density at radius 3 is 2.67 bits per heavy atom. The highest BCUT2D eigenvalue weighted by molar-refractivity contribution is 7.71. The van der Waals surface area contributed by atoms with Gasteiger partial charge in [-0.25, -0.2) is 0 Å². The van der Waals surface area contributed by atoms with Crippen LogP contribution in [-0.2, 0) is 17.8 Å². The minimum Gasteiger partial charge on any atom is -0.354 e. The van der Waals surface area contributed by atoms with Crippen LogP contribution in [0.5, 0.6) is 0 Å². The molecule has 0 saturated heterocycles. The topological polar surface area (TPSA) is 62.7 Å². The first-order valence-corrected chi connectivity index (χ1v) is 8.89. The summed E-state index contributed by atoms with van der Waals surface area (Å²) in [5.41, 5.74) is 1.25. The summed E-state index contributed by atoms with van der Waals surface area (Å²) in [6.45, 7) is 7.26. The molecule has 0 radical (unpaired) electrons. The third kappa shape index (κ3) is 4.77. The van der Waals surface area contributed by atoms with E-state index < -0.39 is 0 Å². The second kappa shape index (κ2) is 8.78. The maximum absolute atomic E-state index is 12.4. The van der Waals surface area contributed by atoms with E-state index in [0.29, 0.717) is 23.2 Å². The molecule has 130 valence electrons. The molecule has 0 bridgehead atoms. The Morgan fingerprint density at radius 2 is 2.04 bits per heavy atom. The van der Waals surface area contributed by atoms with E-state index in [4.69, 9.17) is 12.2 Å². The number of hydrogen-bond acceptors (Lipinski definition) is 3. The highest BCUT2D eigenvalue weighted by Crippen LogP contribution is 2.23. The van der Waals surface area contributed by atoms with Crippen molar-refractivity contribution >= 4 is 18.1 Å². The number of nitrogens with zero attached hydrogens (tertiary/aromatic N) is 2. The largest absolute Gasteiger partial charge is 0.354 e. The molecule has 0 fully saturated rings. The lowest BCUT2D eigenvalue weighted by Gasteiger charge is -2.22. The van der Waals surface area contributed by atoms with Crippen LogP contribution in [0, 0.1) is 10.7 Å². The average molecular weight is 347 g/mol. The van der Waals surface area contributed by atoms with Crippen LogP contribution >= 0.6 is 12.2 Å². The summed E-state index contributed by atoms with van der Waals surface area (Å²) in [4.78, 5) is 12.4. The molecule has 6 heteroatoms. The summed E-state index contributed by atoms with van der Waals surface area (Å²) in [5.74, 6) is 1.54. The summed E-state index contributed by atoms with van der Waals surface area (Å²) in [7, 11) is 0. The van der Waals surface area contributed by atoms with E-state index in [2.05, 4.69) is 48.4 Å². The third-order valence-electron chi connectivity index (χ3n) is 4.16. The van der Waals surface area contributed by atoms with Crippen molar-refractivity contribution in [1.82, 2.24) is 20.1 Å². The minimum absolute atomic E-state index is 0.0357. The minimum atomic E-state index is -0.0357. The van der Waals surface area contributed by atoms with Gasteiger partial charge in [0.05, 0.1) is 0 Å². The van der Waals surface area contributed by atoms with Crippen LogP contribution in [-0.4, -0.2) is 27.2 Å². The highest BCUT2D eigenvalue weighted by atomic mass is 32.1. The van der Waals surface area contributed by atoms with Gasteiger partial charge in [0.1, 0.15) is 12.4 Å². The first kappa shape index (κ1) is 18.4. The Balaban J connectivity index is 1.99. The molecule has 5 nitrogen and oxygen atoms in total. The van der Waals surface area contributed by atoms with Crippen molar-refractivity contribution in [2.45, 2.75) is 46.1 Å². The van der Waals surface area contributed by atoms with Crippen LogP contribution in [0.15, 0.2) is 30.3 Å². The van der Waals surface area contributed by atoms with Crippen molar-refractivity contribution in [1.29, 1.82) is 0 Å². The number of aryl methyl sites for hydroxylation is 1. The van der Waals surface area contributed by atoms with Crippen LogP contribution < -0.4 is 5.32 Å². The van der Waals surface area contributed by atoms with E-state index in [0.717, 1.165) is 18.7 Å². The van der Waals surface area contributed by atoms with E-state index in [1.807, 2.05) is 18.2 Å². The molecule has 0 saturated carbocycles. The molecule has 2 rings (SSSR count). The molecule has 1 aromatic heterocycles. The van der Waals surface area contributed by atoms with Gasteiger partial charge < -0.3 is 5.32 Å². The smallest absolute Gasteiger partial charge is 0.240 e. The average Bonchev–Trinajstić information content (AvgIpc) is 2.89. The Bertz CT molecular complexity index is 705. The predicted octanol–water partition coefficient (Wildman–Crippen LogP) is 3.45. The number of benzene rings is 1. The standard InChI is InChI=1S/C18H26N4OS/c1-4-8-16-20-21-18(24)22(16)12-17(23)19-11-15(13(2)3)14-9-6-5-7-10-14/h5-7,9-10,13,15H,4,8,11-12H2,1-3H3,(H,19,23)(H,21,24)/t15-/m1/s1. The Labute approximate surface area is 148 Å². The number of nitrogens with one attached hydrogen (secondary N) is 2. The zero-order chi connectivity index (χ0) is 17.5. The van der Waals surface area contributed by atoms with Gasteiger partial charge in [0.15, 0.2) is 4.77 Å². The van der Waals surface area contributed by atoms with Crippen molar-refractivity contribution in [3.63, 3.8) is 0 Å². The molecule has 2 aromatic rings.